The van der Waals surface area contributed by atoms with Crippen molar-refractivity contribution in [2.45, 2.75) is 258 Å². The van der Waals surface area contributed by atoms with Crippen molar-refractivity contribution in [3.63, 3.8) is 0 Å². The topological polar surface area (TPSA) is 60.9 Å². The summed E-state index contributed by atoms with van der Waals surface area (Å²) in [6, 6.07) is 0.175. The molecule has 4 atom stereocenters. The van der Waals surface area contributed by atoms with Gasteiger partial charge in [-0.25, -0.2) is 0 Å². The van der Waals surface area contributed by atoms with Crippen LogP contribution in [-0.2, 0) is 9.36 Å². The van der Waals surface area contributed by atoms with Gasteiger partial charge in [-0.2, -0.15) is 0 Å². The molecule has 0 saturated heterocycles. The molecule has 0 aromatic heterocycles. The maximum atomic E-state index is 14.3. The molecule has 324 valence electrons. The van der Waals surface area contributed by atoms with Crippen molar-refractivity contribution in [3.8, 4) is 0 Å². The van der Waals surface area contributed by atoms with Gasteiger partial charge in [0.2, 0.25) is 5.91 Å². The highest BCUT2D eigenvalue weighted by atomic mass is 31.1. The Bertz CT molecular complexity index is 809. The highest BCUT2D eigenvalue weighted by molar-refractivity contribution is 7.44. The second-order valence-corrected chi connectivity index (χ2v) is 19.6. The van der Waals surface area contributed by atoms with Crippen molar-refractivity contribution in [2.75, 3.05) is 39.5 Å². The zero-order valence-corrected chi connectivity index (χ0v) is 38.8. The van der Waals surface area contributed by atoms with Gasteiger partial charge in [-0.05, 0) is 39.8 Å². The number of hydrogen-bond acceptors (Lipinski definition) is 4. The fourth-order valence-corrected chi connectivity index (χ4v) is 9.84. The van der Waals surface area contributed by atoms with Crippen molar-refractivity contribution >= 4 is 13.7 Å². The van der Waals surface area contributed by atoms with Crippen LogP contribution in [0.5, 0.6) is 0 Å². The lowest BCUT2D eigenvalue weighted by Gasteiger charge is -2.36. The van der Waals surface area contributed by atoms with Crippen LogP contribution in [0, 0.1) is 5.92 Å². The normalized spacial score (nSPS) is 14.1. The fraction of sp³-hybridized carbons (Fsp3) is 0.979. The SMILES string of the molecule is CCCCCCCCCCCCCCCCCC(CCC)N(CC(O)C[PH](=O)CCN(C)C)C(=O)C(CC)CCCCCCCCCCCCCCCC. The van der Waals surface area contributed by atoms with Crippen LogP contribution in [0.15, 0.2) is 0 Å². The molecule has 0 rings (SSSR count). The van der Waals surface area contributed by atoms with E-state index in [9.17, 15) is 14.5 Å². The molecule has 54 heavy (non-hydrogen) atoms. The first kappa shape index (κ1) is 53.6. The molecule has 6 heteroatoms. The summed E-state index contributed by atoms with van der Waals surface area (Å²) < 4.78 is 12.9. The average molecular weight is 783 g/mol. The lowest BCUT2D eigenvalue weighted by atomic mass is 9.93. The van der Waals surface area contributed by atoms with Gasteiger partial charge >= 0.3 is 0 Å². The average Bonchev–Trinajstić information content (AvgIpc) is 3.15. The Morgan fingerprint density at radius 1 is 0.519 bits per heavy atom. The molecule has 1 N–H and O–H groups in total. The summed E-state index contributed by atoms with van der Waals surface area (Å²) in [6.07, 6.45) is 44.4. The minimum atomic E-state index is -1.88. The Hall–Kier alpha value is -0.380. The molecule has 0 spiro atoms. The third-order valence-electron chi connectivity index (χ3n) is 11.9. The molecule has 0 aliphatic carbocycles. The summed E-state index contributed by atoms with van der Waals surface area (Å²) in [4.78, 5) is 18.4. The van der Waals surface area contributed by atoms with Crippen LogP contribution in [0.4, 0.5) is 0 Å². The van der Waals surface area contributed by atoms with Crippen LogP contribution in [-0.4, -0.2) is 72.5 Å². The van der Waals surface area contributed by atoms with Gasteiger partial charge in [-0.15, -0.1) is 0 Å². The summed E-state index contributed by atoms with van der Waals surface area (Å²) in [5.41, 5.74) is 0. The van der Waals surface area contributed by atoms with Crippen molar-refractivity contribution in [2.24, 2.45) is 5.92 Å². The largest absolute Gasteiger partial charge is 0.391 e. The smallest absolute Gasteiger partial charge is 0.226 e. The molecule has 0 bridgehead atoms. The van der Waals surface area contributed by atoms with Gasteiger partial charge in [0.1, 0.15) is 0 Å². The number of carbonyl (C=O) groups is 1. The van der Waals surface area contributed by atoms with E-state index in [0.717, 1.165) is 51.5 Å². The number of rotatable bonds is 43. The molecule has 0 radical (unpaired) electrons. The van der Waals surface area contributed by atoms with Crippen LogP contribution in [0.2, 0.25) is 0 Å². The highest BCUT2D eigenvalue weighted by Gasteiger charge is 2.30. The van der Waals surface area contributed by atoms with Crippen LogP contribution in [0.25, 0.3) is 0 Å². The van der Waals surface area contributed by atoms with E-state index in [1.807, 2.05) is 14.1 Å². The predicted octanol–water partition coefficient (Wildman–Crippen LogP) is 14.6. The van der Waals surface area contributed by atoms with E-state index in [4.69, 9.17) is 0 Å². The van der Waals surface area contributed by atoms with Gasteiger partial charge in [0.15, 0.2) is 0 Å². The molecule has 0 aliphatic rings. The van der Waals surface area contributed by atoms with E-state index in [1.165, 1.54) is 173 Å². The summed E-state index contributed by atoms with van der Waals surface area (Å²) in [5.74, 6) is 0.277. The number of nitrogens with zero attached hydrogens (tertiary/aromatic N) is 2. The number of unbranched alkanes of at least 4 members (excludes halogenated alkanes) is 27. The lowest BCUT2D eigenvalue weighted by molar-refractivity contribution is -0.140. The van der Waals surface area contributed by atoms with Crippen LogP contribution < -0.4 is 0 Å². The predicted molar refractivity (Wildman–Crippen MR) is 242 cm³/mol. The van der Waals surface area contributed by atoms with Crippen molar-refractivity contribution < 1.29 is 14.5 Å². The van der Waals surface area contributed by atoms with E-state index >= 15 is 0 Å². The highest BCUT2D eigenvalue weighted by Crippen LogP contribution is 2.27. The fourth-order valence-electron chi connectivity index (χ4n) is 8.29. The minimum absolute atomic E-state index is 0.0284. The van der Waals surface area contributed by atoms with Crippen molar-refractivity contribution in [3.05, 3.63) is 0 Å². The molecular weight excluding hydrogens is 684 g/mol. The first-order chi connectivity index (χ1) is 26.3. The lowest BCUT2D eigenvalue weighted by Crippen LogP contribution is -2.47. The number of aliphatic hydroxyl groups is 1. The zero-order valence-electron chi connectivity index (χ0n) is 37.8. The van der Waals surface area contributed by atoms with Gasteiger partial charge in [0, 0.05) is 37.4 Å². The quantitative estimate of drug-likeness (QED) is 0.0494. The molecule has 0 saturated carbocycles. The minimum Gasteiger partial charge on any atom is -0.391 e. The Morgan fingerprint density at radius 3 is 1.24 bits per heavy atom. The summed E-state index contributed by atoms with van der Waals surface area (Å²) in [6.45, 7) is 10.1. The van der Waals surface area contributed by atoms with E-state index in [1.54, 1.807) is 0 Å². The van der Waals surface area contributed by atoms with Crippen LogP contribution >= 0.6 is 7.80 Å². The molecule has 5 nitrogen and oxygen atoms in total. The maximum Gasteiger partial charge on any atom is 0.226 e. The van der Waals surface area contributed by atoms with E-state index < -0.39 is 13.9 Å². The summed E-state index contributed by atoms with van der Waals surface area (Å²) >= 11 is 0. The Kier molecular flexibility index (Phi) is 40.5. The molecule has 0 fully saturated rings. The molecule has 0 aliphatic heterocycles. The summed E-state index contributed by atoms with van der Waals surface area (Å²) in [5, 5.41) is 11.2. The van der Waals surface area contributed by atoms with E-state index in [2.05, 4.69) is 37.5 Å². The second kappa shape index (κ2) is 40.8. The van der Waals surface area contributed by atoms with Gasteiger partial charge in [0.25, 0.3) is 0 Å². The summed E-state index contributed by atoms with van der Waals surface area (Å²) in [7, 11) is 2.13. The molecule has 4 unspecified atom stereocenters. The van der Waals surface area contributed by atoms with Gasteiger partial charge in [-0.3, -0.25) is 4.79 Å². The standard InChI is InChI=1S/C48H99N2O3P/c1-7-11-13-15-17-19-21-23-25-27-29-31-33-35-37-40-46(38-9-3)50(43-47(51)44-54(53)42-41-49(5)6)48(52)45(10-4)39-36-34-32-30-28-26-24-22-20-18-16-14-12-8-2/h45-47,51,54H,7-44H2,1-6H3. The molecule has 1 amide bonds. The molecule has 0 aromatic carbocycles. The third-order valence-corrected chi connectivity index (χ3v) is 13.7. The van der Waals surface area contributed by atoms with E-state index in [0.29, 0.717) is 18.9 Å². The number of amides is 1. The van der Waals surface area contributed by atoms with E-state index in [-0.39, 0.29) is 17.9 Å². The Labute approximate surface area is 340 Å². The number of carbonyl (C=O) groups excluding carboxylic acids is 1. The van der Waals surface area contributed by atoms with Crippen LogP contribution in [0.3, 0.4) is 0 Å². The maximum absolute atomic E-state index is 14.3. The van der Waals surface area contributed by atoms with Gasteiger partial charge in [-0.1, -0.05) is 220 Å². The second-order valence-electron chi connectivity index (χ2n) is 17.6. The number of aliphatic hydroxyl groups excluding tert-OH is 1. The van der Waals surface area contributed by atoms with Crippen LogP contribution in [0.1, 0.15) is 246 Å². The first-order valence-corrected chi connectivity index (χ1v) is 26.3. The zero-order chi connectivity index (χ0) is 39.9. The third kappa shape index (κ3) is 33.7. The van der Waals surface area contributed by atoms with Gasteiger partial charge in [0.05, 0.1) is 13.9 Å². The molecule has 0 aromatic rings. The van der Waals surface area contributed by atoms with Crippen molar-refractivity contribution in [1.29, 1.82) is 0 Å². The Balaban J connectivity index is 4.81. The monoisotopic (exact) mass is 783 g/mol. The first-order valence-electron chi connectivity index (χ1n) is 24.4. The Morgan fingerprint density at radius 2 is 0.889 bits per heavy atom. The molecule has 0 heterocycles. The van der Waals surface area contributed by atoms with Crippen molar-refractivity contribution in [1.82, 2.24) is 9.80 Å². The number of hydrogen-bond donors (Lipinski definition) is 1. The molecular formula is C48H99N2O3P. The van der Waals surface area contributed by atoms with Gasteiger partial charge < -0.3 is 19.5 Å².